The molecule has 1 rings (SSSR count). The molecule has 1 aliphatic carbocycles. The number of thioether (sulfide) groups is 1. The van der Waals surface area contributed by atoms with Gasteiger partial charge in [0.1, 0.15) is 5.60 Å². The Morgan fingerprint density at radius 2 is 1.83 bits per heavy atom. The maximum absolute atomic E-state index is 12.0. The van der Waals surface area contributed by atoms with E-state index in [2.05, 4.69) is 6.26 Å². The normalized spacial score (nSPS) is 24.7. The number of carbonyl (C=O) groups excluding carboxylic acids is 1. The second-order valence-corrected chi connectivity index (χ2v) is 7.13. The van der Waals surface area contributed by atoms with E-state index in [0.717, 1.165) is 18.8 Å². The summed E-state index contributed by atoms with van der Waals surface area (Å²) in [6, 6.07) is 0.359. The van der Waals surface area contributed by atoms with Gasteiger partial charge >= 0.3 is 6.09 Å². The summed E-state index contributed by atoms with van der Waals surface area (Å²) < 4.78 is 5.41. The molecule has 0 aromatic heterocycles. The van der Waals surface area contributed by atoms with Crippen LogP contribution in [-0.4, -0.2) is 41.7 Å². The molecular weight excluding hydrogens is 246 g/mol. The minimum atomic E-state index is -0.401. The fraction of sp³-hybridized carbons (Fsp3) is 0.929. The summed E-state index contributed by atoms with van der Waals surface area (Å²) in [7, 11) is 1.87. The van der Waals surface area contributed by atoms with E-state index in [0.29, 0.717) is 6.04 Å². The molecule has 4 heteroatoms. The molecule has 0 N–H and O–H groups in total. The Kier molecular flexibility index (Phi) is 5.83. The molecular formula is C14H27NO2S. The van der Waals surface area contributed by atoms with Crippen molar-refractivity contribution in [1.29, 1.82) is 0 Å². The zero-order valence-corrected chi connectivity index (χ0v) is 13.2. The first-order chi connectivity index (χ1) is 8.33. The van der Waals surface area contributed by atoms with Crippen LogP contribution >= 0.6 is 11.8 Å². The van der Waals surface area contributed by atoms with E-state index in [-0.39, 0.29) is 6.09 Å². The molecule has 0 spiro atoms. The molecule has 3 nitrogen and oxygen atoms in total. The highest BCUT2D eigenvalue weighted by molar-refractivity contribution is 7.98. The standard InChI is InChI=1S/C14H27NO2S/c1-14(2,3)17-13(16)15(4)12-8-6-11(7-9-12)10-18-5/h11-12H,6-10H2,1-5H3. The fourth-order valence-electron chi connectivity index (χ4n) is 2.42. The van der Waals surface area contributed by atoms with Gasteiger partial charge in [0.05, 0.1) is 0 Å². The highest BCUT2D eigenvalue weighted by Gasteiger charge is 2.28. The van der Waals surface area contributed by atoms with Crippen LogP contribution in [0.1, 0.15) is 46.5 Å². The van der Waals surface area contributed by atoms with Crippen LogP contribution in [0, 0.1) is 5.92 Å². The average Bonchev–Trinajstić information content (AvgIpc) is 2.27. The molecule has 0 atom stereocenters. The molecule has 106 valence electrons. The third-order valence-electron chi connectivity index (χ3n) is 3.45. The van der Waals surface area contributed by atoms with E-state index in [4.69, 9.17) is 4.74 Å². The second-order valence-electron chi connectivity index (χ2n) is 6.22. The summed E-state index contributed by atoms with van der Waals surface area (Å²) in [6.45, 7) is 5.73. The first-order valence-corrected chi connectivity index (χ1v) is 8.17. The maximum atomic E-state index is 12.0. The molecule has 1 aliphatic rings. The lowest BCUT2D eigenvalue weighted by atomic mass is 9.87. The summed E-state index contributed by atoms with van der Waals surface area (Å²) >= 11 is 1.93. The van der Waals surface area contributed by atoms with Gasteiger partial charge in [-0.2, -0.15) is 11.8 Å². The van der Waals surface area contributed by atoms with Gasteiger partial charge in [-0.05, 0) is 64.4 Å². The third-order valence-corrected chi connectivity index (χ3v) is 4.25. The van der Waals surface area contributed by atoms with Crippen molar-refractivity contribution in [2.24, 2.45) is 5.92 Å². The van der Waals surface area contributed by atoms with E-state index >= 15 is 0 Å². The zero-order valence-electron chi connectivity index (χ0n) is 12.4. The molecule has 1 saturated carbocycles. The molecule has 0 heterocycles. The van der Waals surface area contributed by atoms with Crippen LogP contribution in [0.3, 0.4) is 0 Å². The molecule has 0 aromatic rings. The first kappa shape index (κ1) is 15.7. The predicted octanol–water partition coefficient (Wildman–Crippen LogP) is 3.78. The molecule has 18 heavy (non-hydrogen) atoms. The van der Waals surface area contributed by atoms with Gasteiger partial charge in [0.15, 0.2) is 0 Å². The average molecular weight is 273 g/mol. The number of ether oxygens (including phenoxy) is 1. The van der Waals surface area contributed by atoms with E-state index in [1.54, 1.807) is 4.90 Å². The van der Waals surface area contributed by atoms with Crippen LogP contribution in [-0.2, 0) is 4.74 Å². The minimum Gasteiger partial charge on any atom is -0.444 e. The Morgan fingerprint density at radius 1 is 1.28 bits per heavy atom. The van der Waals surface area contributed by atoms with Crippen LogP contribution < -0.4 is 0 Å². The van der Waals surface area contributed by atoms with Gasteiger partial charge < -0.3 is 9.64 Å². The smallest absolute Gasteiger partial charge is 0.410 e. The lowest BCUT2D eigenvalue weighted by Gasteiger charge is -2.35. The highest BCUT2D eigenvalue weighted by Crippen LogP contribution is 2.29. The monoisotopic (exact) mass is 273 g/mol. The molecule has 0 unspecified atom stereocenters. The van der Waals surface area contributed by atoms with Crippen LogP contribution in [0.2, 0.25) is 0 Å². The van der Waals surface area contributed by atoms with E-state index in [1.165, 1.54) is 18.6 Å². The van der Waals surface area contributed by atoms with E-state index < -0.39 is 5.60 Å². The summed E-state index contributed by atoms with van der Waals surface area (Å²) in [6.07, 6.45) is 6.67. The number of nitrogens with zero attached hydrogens (tertiary/aromatic N) is 1. The van der Waals surface area contributed by atoms with Gasteiger partial charge in [-0.15, -0.1) is 0 Å². The van der Waals surface area contributed by atoms with Crippen molar-refractivity contribution < 1.29 is 9.53 Å². The molecule has 1 amide bonds. The topological polar surface area (TPSA) is 29.5 Å². The number of rotatable bonds is 3. The minimum absolute atomic E-state index is 0.184. The summed E-state index contributed by atoms with van der Waals surface area (Å²) in [5.74, 6) is 2.09. The Bertz CT molecular complexity index is 267. The van der Waals surface area contributed by atoms with Gasteiger partial charge in [0, 0.05) is 13.1 Å². The Labute approximate surface area is 116 Å². The molecule has 0 bridgehead atoms. The van der Waals surface area contributed by atoms with Crippen molar-refractivity contribution in [3.63, 3.8) is 0 Å². The maximum Gasteiger partial charge on any atom is 0.410 e. The quantitative estimate of drug-likeness (QED) is 0.784. The predicted molar refractivity (Wildman–Crippen MR) is 78.1 cm³/mol. The second kappa shape index (κ2) is 6.69. The van der Waals surface area contributed by atoms with Crippen LogP contribution in [0.4, 0.5) is 4.79 Å². The Balaban J connectivity index is 2.40. The Hall–Kier alpha value is -0.380. The summed E-state index contributed by atoms with van der Waals surface area (Å²) in [4.78, 5) is 13.8. The van der Waals surface area contributed by atoms with Crippen LogP contribution in [0.5, 0.6) is 0 Å². The fourth-order valence-corrected chi connectivity index (χ4v) is 3.22. The van der Waals surface area contributed by atoms with Gasteiger partial charge in [-0.25, -0.2) is 4.79 Å². The van der Waals surface area contributed by atoms with Crippen molar-refractivity contribution in [3.8, 4) is 0 Å². The number of carbonyl (C=O) groups is 1. The number of hydrogen-bond donors (Lipinski definition) is 0. The van der Waals surface area contributed by atoms with Gasteiger partial charge in [-0.1, -0.05) is 0 Å². The van der Waals surface area contributed by atoms with Crippen molar-refractivity contribution >= 4 is 17.9 Å². The van der Waals surface area contributed by atoms with Crippen molar-refractivity contribution in [1.82, 2.24) is 4.90 Å². The summed E-state index contributed by atoms with van der Waals surface area (Å²) in [5, 5.41) is 0. The molecule has 0 aromatic carbocycles. The largest absolute Gasteiger partial charge is 0.444 e. The van der Waals surface area contributed by atoms with E-state index in [9.17, 15) is 4.79 Å². The first-order valence-electron chi connectivity index (χ1n) is 6.78. The number of amides is 1. The van der Waals surface area contributed by atoms with Gasteiger partial charge in [0.25, 0.3) is 0 Å². The van der Waals surface area contributed by atoms with Crippen molar-refractivity contribution in [2.75, 3.05) is 19.1 Å². The van der Waals surface area contributed by atoms with Crippen molar-refractivity contribution in [3.05, 3.63) is 0 Å². The highest BCUT2D eigenvalue weighted by atomic mass is 32.2. The molecule has 0 saturated heterocycles. The van der Waals surface area contributed by atoms with Crippen LogP contribution in [0.25, 0.3) is 0 Å². The molecule has 1 fully saturated rings. The van der Waals surface area contributed by atoms with E-state index in [1.807, 2.05) is 39.6 Å². The lowest BCUT2D eigenvalue weighted by molar-refractivity contribution is 0.0176. The zero-order chi connectivity index (χ0) is 13.8. The molecule has 0 aliphatic heterocycles. The summed E-state index contributed by atoms with van der Waals surface area (Å²) in [5.41, 5.74) is -0.401. The SMILES string of the molecule is CSCC1CCC(N(C)C(=O)OC(C)(C)C)CC1. The molecule has 0 radical (unpaired) electrons. The van der Waals surface area contributed by atoms with Gasteiger partial charge in [-0.3, -0.25) is 0 Å². The lowest BCUT2D eigenvalue weighted by Crippen LogP contribution is -2.42. The third kappa shape index (κ3) is 5.09. The Morgan fingerprint density at radius 3 is 2.28 bits per heavy atom. The van der Waals surface area contributed by atoms with Crippen LogP contribution in [0.15, 0.2) is 0 Å². The van der Waals surface area contributed by atoms with Crippen molar-refractivity contribution in [2.45, 2.75) is 58.1 Å². The van der Waals surface area contributed by atoms with Gasteiger partial charge in [0.2, 0.25) is 0 Å². The number of hydrogen-bond acceptors (Lipinski definition) is 3.